The van der Waals surface area contributed by atoms with Crippen molar-refractivity contribution in [3.05, 3.63) is 29.8 Å². The van der Waals surface area contributed by atoms with Crippen molar-refractivity contribution in [2.45, 2.75) is 33.6 Å². The van der Waals surface area contributed by atoms with Gasteiger partial charge in [-0.05, 0) is 42.5 Å². The molecule has 3 N–H and O–H groups in total. The average molecular weight is 357 g/mol. The zero-order valence-electron chi connectivity index (χ0n) is 15.2. The van der Waals surface area contributed by atoms with E-state index in [0.29, 0.717) is 24.1 Å². The van der Waals surface area contributed by atoms with Gasteiger partial charge in [-0.2, -0.15) is 0 Å². The van der Waals surface area contributed by atoms with E-state index in [1.165, 1.54) is 12.1 Å². The lowest BCUT2D eigenvalue weighted by molar-refractivity contribution is -0.168. The fraction of sp³-hybridized carbons (Fsp3) is 0.474. The smallest absolute Gasteiger partial charge is 0.248 e. The Bertz CT molecular complexity index is 800. The Labute approximate surface area is 151 Å². The highest BCUT2D eigenvalue weighted by Crippen LogP contribution is 2.59. The molecule has 1 aromatic rings. The summed E-state index contributed by atoms with van der Waals surface area (Å²) < 4.78 is 0. The van der Waals surface area contributed by atoms with Gasteiger partial charge in [-0.3, -0.25) is 24.1 Å². The van der Waals surface area contributed by atoms with Gasteiger partial charge in [0.05, 0.1) is 5.41 Å². The SMILES string of the molecule is CC12CCC(C(=O)N(CC(=O)Nc3ccc(C(N)=O)cc3)C1=O)C2(C)C. The van der Waals surface area contributed by atoms with Gasteiger partial charge in [-0.15, -0.1) is 0 Å². The topological polar surface area (TPSA) is 110 Å². The maximum Gasteiger partial charge on any atom is 0.248 e. The number of nitrogens with one attached hydrogen (secondary N) is 1. The van der Waals surface area contributed by atoms with Crippen LogP contribution in [0.1, 0.15) is 44.0 Å². The Kier molecular flexibility index (Phi) is 4.13. The second kappa shape index (κ2) is 5.93. The van der Waals surface area contributed by atoms with E-state index in [4.69, 9.17) is 5.73 Å². The third-order valence-electron chi connectivity index (χ3n) is 6.26. The number of carbonyl (C=O) groups excluding carboxylic acids is 4. The highest BCUT2D eigenvalue weighted by Gasteiger charge is 2.64. The molecule has 138 valence electrons. The second-order valence-corrected chi connectivity index (χ2v) is 7.86. The summed E-state index contributed by atoms with van der Waals surface area (Å²) >= 11 is 0. The van der Waals surface area contributed by atoms with E-state index in [-0.39, 0.29) is 24.3 Å². The van der Waals surface area contributed by atoms with E-state index in [2.05, 4.69) is 5.32 Å². The summed E-state index contributed by atoms with van der Waals surface area (Å²) in [5.41, 5.74) is 4.94. The molecule has 7 nitrogen and oxygen atoms in total. The summed E-state index contributed by atoms with van der Waals surface area (Å²) in [5, 5.41) is 2.64. The van der Waals surface area contributed by atoms with Crippen molar-refractivity contribution >= 4 is 29.3 Å². The van der Waals surface area contributed by atoms with Gasteiger partial charge in [-0.1, -0.05) is 20.8 Å². The van der Waals surface area contributed by atoms with Gasteiger partial charge in [-0.25, -0.2) is 0 Å². The number of likely N-dealkylation sites (tertiary alicyclic amines) is 1. The monoisotopic (exact) mass is 357 g/mol. The maximum atomic E-state index is 12.9. The molecular weight excluding hydrogens is 334 g/mol. The van der Waals surface area contributed by atoms with Crippen LogP contribution in [0.25, 0.3) is 0 Å². The van der Waals surface area contributed by atoms with Crippen LogP contribution in [0, 0.1) is 16.7 Å². The van der Waals surface area contributed by atoms with Crippen molar-refractivity contribution in [1.29, 1.82) is 0 Å². The van der Waals surface area contributed by atoms with Gasteiger partial charge in [0, 0.05) is 17.2 Å². The normalized spacial score (nSPS) is 26.7. The van der Waals surface area contributed by atoms with Crippen LogP contribution in [0.5, 0.6) is 0 Å². The molecule has 1 aliphatic heterocycles. The highest BCUT2D eigenvalue weighted by molar-refractivity contribution is 6.07. The summed E-state index contributed by atoms with van der Waals surface area (Å²) in [6.07, 6.45) is 1.32. The summed E-state index contributed by atoms with van der Waals surface area (Å²) in [6, 6.07) is 6.09. The minimum atomic E-state index is -0.630. The molecule has 7 heteroatoms. The van der Waals surface area contributed by atoms with Crippen molar-refractivity contribution in [1.82, 2.24) is 4.90 Å². The molecule has 1 aromatic carbocycles. The molecule has 0 spiro atoms. The van der Waals surface area contributed by atoms with E-state index in [0.717, 1.165) is 4.90 Å². The Morgan fingerprint density at radius 1 is 1.19 bits per heavy atom. The lowest BCUT2D eigenvalue weighted by Crippen LogP contribution is -2.60. The largest absolute Gasteiger partial charge is 0.366 e. The number of primary amides is 1. The molecule has 1 aliphatic carbocycles. The summed E-state index contributed by atoms with van der Waals surface area (Å²) in [4.78, 5) is 50.2. The number of benzene rings is 1. The Morgan fingerprint density at radius 2 is 1.81 bits per heavy atom. The molecule has 1 saturated heterocycles. The number of nitrogens with zero attached hydrogens (tertiary/aromatic N) is 1. The quantitative estimate of drug-likeness (QED) is 0.796. The van der Waals surface area contributed by atoms with Gasteiger partial charge in [0.2, 0.25) is 23.6 Å². The van der Waals surface area contributed by atoms with Crippen molar-refractivity contribution in [2.75, 3.05) is 11.9 Å². The zero-order chi connectivity index (χ0) is 19.3. The molecule has 0 radical (unpaired) electrons. The summed E-state index contributed by atoms with van der Waals surface area (Å²) in [7, 11) is 0. The molecule has 1 saturated carbocycles. The van der Waals surface area contributed by atoms with E-state index in [1.807, 2.05) is 20.8 Å². The van der Waals surface area contributed by atoms with Crippen LogP contribution in [0.2, 0.25) is 0 Å². The first kappa shape index (κ1) is 18.1. The van der Waals surface area contributed by atoms with Gasteiger partial charge in [0.1, 0.15) is 6.54 Å². The van der Waals surface area contributed by atoms with E-state index in [9.17, 15) is 19.2 Å². The predicted molar refractivity (Wildman–Crippen MR) is 94.9 cm³/mol. The molecule has 2 aliphatic rings. The maximum absolute atomic E-state index is 12.9. The number of nitrogens with two attached hydrogens (primary N) is 1. The minimum Gasteiger partial charge on any atom is -0.366 e. The first-order chi connectivity index (χ1) is 12.1. The number of amides is 4. The van der Waals surface area contributed by atoms with Crippen LogP contribution in [0.15, 0.2) is 24.3 Å². The van der Waals surface area contributed by atoms with Crippen LogP contribution in [0.3, 0.4) is 0 Å². The van der Waals surface area contributed by atoms with Crippen LogP contribution in [-0.2, 0) is 14.4 Å². The molecule has 1 heterocycles. The molecule has 0 aromatic heterocycles. The molecule has 2 bridgehead atoms. The van der Waals surface area contributed by atoms with Gasteiger partial charge < -0.3 is 11.1 Å². The minimum absolute atomic E-state index is 0.243. The third-order valence-corrected chi connectivity index (χ3v) is 6.26. The average Bonchev–Trinajstić information content (AvgIpc) is 2.76. The zero-order valence-corrected chi connectivity index (χ0v) is 15.2. The van der Waals surface area contributed by atoms with Crippen molar-refractivity contribution in [3.8, 4) is 0 Å². The van der Waals surface area contributed by atoms with Gasteiger partial charge >= 0.3 is 0 Å². The molecule has 26 heavy (non-hydrogen) atoms. The van der Waals surface area contributed by atoms with Crippen molar-refractivity contribution in [3.63, 3.8) is 0 Å². The predicted octanol–water partition coefficient (Wildman–Crippen LogP) is 1.54. The molecule has 4 amide bonds. The fourth-order valence-electron chi connectivity index (χ4n) is 4.11. The number of hydrogen-bond donors (Lipinski definition) is 2. The lowest BCUT2D eigenvalue weighted by Gasteiger charge is -2.47. The number of fused-ring (bicyclic) bond motifs is 2. The Morgan fingerprint density at radius 3 is 2.38 bits per heavy atom. The number of carbonyl (C=O) groups is 4. The molecule has 2 fully saturated rings. The van der Waals surface area contributed by atoms with E-state index >= 15 is 0 Å². The summed E-state index contributed by atoms with van der Waals surface area (Å²) in [6.45, 7) is 5.49. The van der Waals surface area contributed by atoms with E-state index in [1.54, 1.807) is 12.1 Å². The van der Waals surface area contributed by atoms with E-state index < -0.39 is 22.6 Å². The summed E-state index contributed by atoms with van der Waals surface area (Å²) in [5.74, 6) is -1.80. The van der Waals surface area contributed by atoms with Crippen LogP contribution < -0.4 is 11.1 Å². The number of rotatable bonds is 4. The number of hydrogen-bond acceptors (Lipinski definition) is 4. The van der Waals surface area contributed by atoms with Crippen molar-refractivity contribution in [2.24, 2.45) is 22.5 Å². The standard InChI is InChI=1S/C19H23N3O4/c1-18(2)13-8-9-19(18,3)17(26)22(16(13)25)10-14(23)21-12-6-4-11(5-7-12)15(20)24/h4-7,13H,8-10H2,1-3H3,(H2,20,24)(H,21,23). The van der Waals surface area contributed by atoms with Gasteiger partial charge in [0.25, 0.3) is 0 Å². The number of anilines is 1. The molecule has 2 atom stereocenters. The lowest BCUT2D eigenvalue weighted by atomic mass is 9.62. The number of imide groups is 1. The van der Waals surface area contributed by atoms with Crippen molar-refractivity contribution < 1.29 is 19.2 Å². The van der Waals surface area contributed by atoms with Crippen LogP contribution in [-0.4, -0.2) is 35.1 Å². The second-order valence-electron chi connectivity index (χ2n) is 7.86. The van der Waals surface area contributed by atoms with Crippen LogP contribution in [0.4, 0.5) is 5.69 Å². The molecule has 2 unspecified atom stereocenters. The number of piperidine rings is 1. The Hall–Kier alpha value is -2.70. The molecular formula is C19H23N3O4. The van der Waals surface area contributed by atoms with Gasteiger partial charge in [0.15, 0.2) is 0 Å². The third kappa shape index (κ3) is 2.58. The fourth-order valence-corrected chi connectivity index (χ4v) is 4.11. The van der Waals surface area contributed by atoms with Crippen LogP contribution >= 0.6 is 0 Å². The molecule has 3 rings (SSSR count). The first-order valence-corrected chi connectivity index (χ1v) is 8.63. The highest BCUT2D eigenvalue weighted by atomic mass is 16.2. The Balaban J connectivity index is 1.72. The first-order valence-electron chi connectivity index (χ1n) is 8.63.